The maximum absolute atomic E-state index is 14.4. The van der Waals surface area contributed by atoms with Crippen LogP contribution in [0.3, 0.4) is 0 Å². The Morgan fingerprint density at radius 2 is 1.48 bits per heavy atom. The fourth-order valence-electron chi connectivity index (χ4n) is 12.2. The molecule has 0 amide bonds. The number of carbonyl (C=O) groups is 1. The highest BCUT2D eigenvalue weighted by atomic mass is 16.7. The second-order valence-electron chi connectivity index (χ2n) is 17.7. The van der Waals surface area contributed by atoms with Gasteiger partial charge in [0.15, 0.2) is 0 Å². The van der Waals surface area contributed by atoms with Gasteiger partial charge in [-0.05, 0) is 84.9 Å². The Morgan fingerprint density at radius 1 is 0.833 bits per heavy atom. The van der Waals surface area contributed by atoms with Crippen LogP contribution in [0, 0.1) is 50.2 Å². The van der Waals surface area contributed by atoms with Crippen molar-refractivity contribution in [3.05, 3.63) is 11.6 Å². The van der Waals surface area contributed by atoms with Crippen LogP contribution in [0.4, 0.5) is 0 Å². The average molecular weight is 683 g/mol. The molecule has 5 fully saturated rings. The van der Waals surface area contributed by atoms with E-state index in [1.165, 1.54) is 0 Å². The van der Waals surface area contributed by atoms with Crippen molar-refractivity contribution in [1.29, 1.82) is 0 Å². The second-order valence-corrected chi connectivity index (χ2v) is 17.7. The van der Waals surface area contributed by atoms with Crippen molar-refractivity contribution in [2.24, 2.45) is 50.2 Å². The summed E-state index contributed by atoms with van der Waals surface area (Å²) in [5.41, 5.74) is -3.27. The molecule has 12 heteroatoms. The van der Waals surface area contributed by atoms with Crippen molar-refractivity contribution < 1.29 is 60.2 Å². The number of hydrogen-bond acceptors (Lipinski definition) is 12. The third-order valence-corrected chi connectivity index (χ3v) is 15.5. The van der Waals surface area contributed by atoms with E-state index in [-0.39, 0.29) is 17.3 Å². The Bertz CT molecular complexity index is 1280. The molecule has 12 nitrogen and oxygen atoms in total. The van der Waals surface area contributed by atoms with E-state index in [0.717, 1.165) is 12.0 Å². The standard InChI is InChI=1S/C36H58O12/c1-31(2)10-12-35(30(46)48-29-26(43)25(42)24(41)20(15-37)47-29)13-11-33(4)18(23(35)28(31)45)6-7-21-32(3)14-19(40)27(44)36(16-38,17-39)22(32)8-9-34(21,33)5/h6,19-29,37-45H,7-17H2,1-5H3/t19-,20+,21-,22-,23+,24+,25-,26+,27+,28-,29-,32+,33+,34+,35-/m0/s1. The largest absolute Gasteiger partial charge is 0.432 e. The van der Waals surface area contributed by atoms with Crippen molar-refractivity contribution in [3.8, 4) is 0 Å². The van der Waals surface area contributed by atoms with E-state index in [2.05, 4.69) is 26.8 Å². The van der Waals surface area contributed by atoms with Gasteiger partial charge in [0.05, 0.1) is 43.5 Å². The van der Waals surface area contributed by atoms with E-state index in [1.807, 2.05) is 13.8 Å². The Labute approximate surface area is 282 Å². The Kier molecular flexibility index (Phi) is 9.10. The zero-order chi connectivity index (χ0) is 35.4. The van der Waals surface area contributed by atoms with Gasteiger partial charge in [-0.2, -0.15) is 0 Å². The summed E-state index contributed by atoms with van der Waals surface area (Å²) in [5.74, 6) is -1.49. The molecule has 0 unspecified atom stereocenters. The lowest BCUT2D eigenvalue weighted by molar-refractivity contribution is -0.298. The lowest BCUT2D eigenvalue weighted by Gasteiger charge is -2.72. The van der Waals surface area contributed by atoms with Gasteiger partial charge in [0.25, 0.3) is 0 Å². The average Bonchev–Trinajstić information content (AvgIpc) is 3.04. The van der Waals surface area contributed by atoms with Gasteiger partial charge >= 0.3 is 5.97 Å². The summed E-state index contributed by atoms with van der Waals surface area (Å²) in [6.07, 6.45) is -4.76. The number of hydrogen-bond donors (Lipinski definition) is 9. The lowest BCUT2D eigenvalue weighted by Crippen LogP contribution is -2.70. The van der Waals surface area contributed by atoms with Crippen LogP contribution in [0.5, 0.6) is 0 Å². The number of aliphatic hydroxyl groups is 9. The van der Waals surface area contributed by atoms with Gasteiger partial charge in [0.2, 0.25) is 6.29 Å². The number of rotatable bonds is 5. The molecule has 0 spiro atoms. The summed E-state index contributed by atoms with van der Waals surface area (Å²) >= 11 is 0. The molecule has 0 aromatic rings. The molecule has 0 aromatic carbocycles. The third-order valence-electron chi connectivity index (χ3n) is 15.5. The van der Waals surface area contributed by atoms with Crippen molar-refractivity contribution in [3.63, 3.8) is 0 Å². The first-order valence-corrected chi connectivity index (χ1v) is 17.8. The first-order chi connectivity index (χ1) is 22.3. The maximum Gasteiger partial charge on any atom is 0.315 e. The smallest absolute Gasteiger partial charge is 0.315 e. The molecule has 4 saturated carbocycles. The van der Waals surface area contributed by atoms with Crippen LogP contribution >= 0.6 is 0 Å². The zero-order valence-corrected chi connectivity index (χ0v) is 29.0. The van der Waals surface area contributed by atoms with Gasteiger partial charge in [0, 0.05) is 11.3 Å². The third kappa shape index (κ3) is 4.66. The fraction of sp³-hybridized carbons (Fsp3) is 0.917. The minimum atomic E-state index is -1.74. The first-order valence-electron chi connectivity index (χ1n) is 17.8. The summed E-state index contributed by atoms with van der Waals surface area (Å²) in [6, 6.07) is 0. The normalized spacial score (nSPS) is 52.5. The van der Waals surface area contributed by atoms with E-state index in [9.17, 15) is 50.8 Å². The monoisotopic (exact) mass is 682 g/mol. The second kappa shape index (κ2) is 11.9. The highest BCUT2D eigenvalue weighted by Gasteiger charge is 2.72. The molecule has 1 heterocycles. The van der Waals surface area contributed by atoms with Gasteiger partial charge in [0.1, 0.15) is 24.4 Å². The number of ether oxygens (including phenoxy) is 2. The van der Waals surface area contributed by atoms with Gasteiger partial charge in [-0.1, -0.05) is 46.3 Å². The number of aliphatic hydroxyl groups excluding tert-OH is 9. The van der Waals surface area contributed by atoms with E-state index in [0.29, 0.717) is 44.9 Å². The number of esters is 1. The molecule has 1 aliphatic heterocycles. The number of fused-ring (bicyclic) bond motifs is 7. The van der Waals surface area contributed by atoms with Crippen LogP contribution in [0.15, 0.2) is 11.6 Å². The molecule has 5 aliphatic carbocycles. The van der Waals surface area contributed by atoms with E-state index in [4.69, 9.17) is 9.47 Å². The van der Waals surface area contributed by atoms with Gasteiger partial charge in [-0.3, -0.25) is 4.79 Å². The molecule has 9 N–H and O–H groups in total. The van der Waals surface area contributed by atoms with Crippen molar-refractivity contribution in [2.75, 3.05) is 19.8 Å². The highest BCUT2D eigenvalue weighted by Crippen LogP contribution is 2.76. The van der Waals surface area contributed by atoms with Gasteiger partial charge < -0.3 is 55.4 Å². The molecular formula is C36H58O12. The predicted molar refractivity (Wildman–Crippen MR) is 171 cm³/mol. The topological polar surface area (TPSA) is 218 Å². The number of allylic oxidation sites excluding steroid dienone is 1. The molecule has 15 atom stereocenters. The molecule has 6 aliphatic rings. The van der Waals surface area contributed by atoms with Crippen LogP contribution in [0.2, 0.25) is 0 Å². The summed E-state index contributed by atoms with van der Waals surface area (Å²) in [4.78, 5) is 14.4. The van der Waals surface area contributed by atoms with E-state index in [1.54, 1.807) is 0 Å². The Morgan fingerprint density at radius 3 is 2.10 bits per heavy atom. The summed E-state index contributed by atoms with van der Waals surface area (Å²) in [7, 11) is 0. The maximum atomic E-state index is 14.4. The predicted octanol–water partition coefficient (Wildman–Crippen LogP) is 0.379. The SMILES string of the molecule is CC1(C)CC[C@]2(C(=O)O[C@@H]3O[C@H](CO)[C@@H](O)[C@H](O)[C@H]3O)CC[C@]3(C)C(=CC[C@H]4[C@@]5(C)C[C@H](O)[C@@H](O)C(CO)(CO)[C@H]5CC[C@]43C)[C@@H]2[C@@H]1O. The quantitative estimate of drug-likeness (QED) is 0.142. The van der Waals surface area contributed by atoms with E-state index < -0.39 is 108 Å². The first kappa shape index (κ1) is 36.6. The minimum Gasteiger partial charge on any atom is -0.432 e. The van der Waals surface area contributed by atoms with Crippen molar-refractivity contribution in [1.82, 2.24) is 0 Å². The fourth-order valence-corrected chi connectivity index (χ4v) is 12.2. The highest BCUT2D eigenvalue weighted by molar-refractivity contribution is 5.79. The van der Waals surface area contributed by atoms with Crippen LogP contribution < -0.4 is 0 Å². The molecular weight excluding hydrogens is 624 g/mol. The minimum absolute atomic E-state index is 0.0134. The molecule has 0 radical (unpaired) electrons. The summed E-state index contributed by atoms with van der Waals surface area (Å²) in [6.45, 7) is 9.07. The van der Waals surface area contributed by atoms with Gasteiger partial charge in [-0.15, -0.1) is 0 Å². The van der Waals surface area contributed by atoms with Crippen LogP contribution in [0.25, 0.3) is 0 Å². The molecule has 1 saturated heterocycles. The van der Waals surface area contributed by atoms with Crippen LogP contribution in [-0.4, -0.2) is 121 Å². The number of carbonyl (C=O) groups excluding carboxylic acids is 1. The van der Waals surface area contributed by atoms with Crippen LogP contribution in [-0.2, 0) is 14.3 Å². The molecule has 48 heavy (non-hydrogen) atoms. The van der Waals surface area contributed by atoms with Crippen molar-refractivity contribution in [2.45, 2.75) is 135 Å². The summed E-state index contributed by atoms with van der Waals surface area (Å²) in [5, 5.41) is 96.6. The zero-order valence-electron chi connectivity index (χ0n) is 29.0. The lowest BCUT2D eigenvalue weighted by atomic mass is 9.33. The summed E-state index contributed by atoms with van der Waals surface area (Å²) < 4.78 is 11.4. The Hall–Kier alpha value is -1.19. The Balaban J connectivity index is 1.39. The van der Waals surface area contributed by atoms with E-state index >= 15 is 0 Å². The molecule has 6 rings (SSSR count). The molecule has 0 aromatic heterocycles. The van der Waals surface area contributed by atoms with Crippen LogP contribution in [0.1, 0.15) is 86.0 Å². The molecule has 0 bridgehead atoms. The van der Waals surface area contributed by atoms with Crippen molar-refractivity contribution >= 4 is 5.97 Å². The molecule has 274 valence electrons. The van der Waals surface area contributed by atoms with Gasteiger partial charge in [-0.25, -0.2) is 0 Å².